The number of cyclic esters (lactones) is 2. The van der Waals surface area contributed by atoms with Crippen LogP contribution in [0.4, 0.5) is 0 Å². The number of hydrogen-bond donors (Lipinski definition) is 0. The van der Waals surface area contributed by atoms with Gasteiger partial charge in [0, 0.05) is 5.02 Å². The van der Waals surface area contributed by atoms with E-state index in [0.717, 1.165) is 4.68 Å². The lowest BCUT2D eigenvalue weighted by Gasteiger charge is -2.05. The molecule has 1 aromatic carbocycles. The molecule has 0 unspecified atom stereocenters. The van der Waals surface area contributed by atoms with Gasteiger partial charge in [0.1, 0.15) is 0 Å². The topological polar surface area (TPSA) is 74.1 Å². The van der Waals surface area contributed by atoms with Crippen LogP contribution < -0.4 is 0 Å². The summed E-state index contributed by atoms with van der Waals surface area (Å²) in [5.41, 5.74) is 0.171. The van der Waals surface area contributed by atoms with Crippen molar-refractivity contribution in [3.8, 4) is 5.69 Å². The zero-order chi connectivity index (χ0) is 12.9. The van der Waals surface area contributed by atoms with E-state index in [2.05, 4.69) is 15.0 Å². The van der Waals surface area contributed by atoms with Crippen molar-refractivity contribution in [3.05, 3.63) is 39.6 Å². The molecule has 2 heterocycles. The Kier molecular flexibility index (Phi) is 2.36. The summed E-state index contributed by atoms with van der Waals surface area (Å²) in [6.45, 7) is 0. The Balaban J connectivity index is 2.26. The first-order chi connectivity index (χ1) is 8.58. The van der Waals surface area contributed by atoms with E-state index in [1.165, 1.54) is 6.07 Å². The number of fused-ring (bicyclic) bond motifs is 1. The first-order valence-electron chi connectivity index (χ1n) is 4.75. The molecule has 0 atom stereocenters. The van der Waals surface area contributed by atoms with Crippen LogP contribution in [0.5, 0.6) is 0 Å². The average Bonchev–Trinajstić information content (AvgIpc) is 2.86. The van der Waals surface area contributed by atoms with Crippen molar-refractivity contribution in [1.29, 1.82) is 0 Å². The zero-order valence-electron chi connectivity index (χ0n) is 8.55. The highest BCUT2D eigenvalue weighted by atomic mass is 35.5. The Labute approximate surface area is 110 Å². The molecular formula is C10H3Cl2N3O3. The Hall–Kier alpha value is -1.92. The summed E-state index contributed by atoms with van der Waals surface area (Å²) in [6.07, 6.45) is 0. The maximum atomic E-state index is 11.5. The van der Waals surface area contributed by atoms with E-state index in [1.54, 1.807) is 12.1 Å². The molecule has 0 aliphatic carbocycles. The first kappa shape index (κ1) is 11.2. The highest BCUT2D eigenvalue weighted by Gasteiger charge is 2.37. The molecule has 18 heavy (non-hydrogen) atoms. The predicted molar refractivity (Wildman–Crippen MR) is 61.1 cm³/mol. The molecule has 8 heteroatoms. The van der Waals surface area contributed by atoms with Crippen LogP contribution in [-0.2, 0) is 4.74 Å². The van der Waals surface area contributed by atoms with E-state index >= 15 is 0 Å². The summed E-state index contributed by atoms with van der Waals surface area (Å²) < 4.78 is 5.56. The third-order valence-corrected chi connectivity index (χ3v) is 2.93. The van der Waals surface area contributed by atoms with Crippen LogP contribution in [0.25, 0.3) is 5.69 Å². The van der Waals surface area contributed by atoms with Gasteiger partial charge >= 0.3 is 11.9 Å². The lowest BCUT2D eigenvalue weighted by Crippen LogP contribution is -2.08. The number of nitrogens with zero attached hydrogens (tertiary/aromatic N) is 3. The SMILES string of the molecule is O=C1OC(=O)c2c1nnn2-c1cc(Cl)ccc1Cl. The molecule has 6 nitrogen and oxygen atoms in total. The highest BCUT2D eigenvalue weighted by Crippen LogP contribution is 2.27. The number of aromatic nitrogens is 3. The summed E-state index contributed by atoms with van der Waals surface area (Å²) in [5.74, 6) is -1.63. The van der Waals surface area contributed by atoms with Gasteiger partial charge in [-0.2, -0.15) is 0 Å². The third kappa shape index (κ3) is 1.50. The summed E-state index contributed by atoms with van der Waals surface area (Å²) in [4.78, 5) is 22.8. The van der Waals surface area contributed by atoms with Crippen LogP contribution in [0.1, 0.15) is 21.0 Å². The second-order valence-corrected chi connectivity index (χ2v) is 4.31. The molecule has 0 bridgehead atoms. The van der Waals surface area contributed by atoms with Gasteiger partial charge in [0.05, 0.1) is 10.7 Å². The van der Waals surface area contributed by atoms with Crippen molar-refractivity contribution in [2.75, 3.05) is 0 Å². The van der Waals surface area contributed by atoms with Gasteiger partial charge in [0.15, 0.2) is 5.69 Å². The molecule has 0 saturated heterocycles. The Morgan fingerprint density at radius 2 is 1.94 bits per heavy atom. The highest BCUT2D eigenvalue weighted by molar-refractivity contribution is 6.34. The van der Waals surface area contributed by atoms with Crippen molar-refractivity contribution in [2.24, 2.45) is 0 Å². The van der Waals surface area contributed by atoms with E-state index < -0.39 is 11.9 Å². The van der Waals surface area contributed by atoms with Crippen molar-refractivity contribution < 1.29 is 14.3 Å². The summed E-state index contributed by atoms with van der Waals surface area (Å²) in [7, 11) is 0. The number of carbonyl (C=O) groups is 2. The fourth-order valence-electron chi connectivity index (χ4n) is 1.60. The minimum absolute atomic E-state index is 0.0517. The van der Waals surface area contributed by atoms with E-state index in [-0.39, 0.29) is 11.4 Å². The smallest absolute Gasteiger partial charge is 0.369 e. The van der Waals surface area contributed by atoms with Crippen LogP contribution in [-0.4, -0.2) is 26.9 Å². The first-order valence-corrected chi connectivity index (χ1v) is 5.51. The monoisotopic (exact) mass is 283 g/mol. The third-order valence-electron chi connectivity index (χ3n) is 2.38. The largest absolute Gasteiger partial charge is 0.383 e. The standard InChI is InChI=1S/C10H3Cl2N3O3/c11-4-1-2-5(12)6(3-4)15-8-7(13-14-15)9(16)18-10(8)17/h1-3H. The van der Waals surface area contributed by atoms with E-state index in [0.29, 0.717) is 15.7 Å². The van der Waals surface area contributed by atoms with Crippen LogP contribution in [0.2, 0.25) is 10.0 Å². The second kappa shape index (κ2) is 3.79. The molecule has 0 saturated carbocycles. The molecule has 3 rings (SSSR count). The van der Waals surface area contributed by atoms with Crippen LogP contribution in [0.15, 0.2) is 18.2 Å². The second-order valence-electron chi connectivity index (χ2n) is 3.47. The number of esters is 2. The molecule has 90 valence electrons. The molecule has 1 aliphatic heterocycles. The van der Waals surface area contributed by atoms with Gasteiger partial charge in [-0.05, 0) is 18.2 Å². The van der Waals surface area contributed by atoms with E-state index in [1.807, 2.05) is 0 Å². The zero-order valence-corrected chi connectivity index (χ0v) is 10.1. The number of halogens is 2. The fraction of sp³-hybridized carbons (Fsp3) is 0. The normalized spacial score (nSPS) is 13.7. The molecule has 1 aliphatic rings. The Morgan fingerprint density at radius 3 is 2.72 bits per heavy atom. The van der Waals surface area contributed by atoms with Gasteiger partial charge < -0.3 is 4.74 Å². The maximum absolute atomic E-state index is 11.5. The molecular weight excluding hydrogens is 281 g/mol. The summed E-state index contributed by atoms with van der Waals surface area (Å²) in [5, 5.41) is 8.04. The van der Waals surface area contributed by atoms with Crippen molar-refractivity contribution in [1.82, 2.24) is 15.0 Å². The Bertz CT molecular complexity index is 696. The van der Waals surface area contributed by atoms with E-state index in [4.69, 9.17) is 23.2 Å². The molecule has 0 amide bonds. The van der Waals surface area contributed by atoms with Crippen LogP contribution in [0, 0.1) is 0 Å². The van der Waals surface area contributed by atoms with Crippen LogP contribution in [0.3, 0.4) is 0 Å². The van der Waals surface area contributed by atoms with Gasteiger partial charge in [-0.15, -0.1) is 5.10 Å². The van der Waals surface area contributed by atoms with Gasteiger partial charge in [-0.25, -0.2) is 14.3 Å². The number of carbonyl (C=O) groups excluding carboxylic acids is 2. The molecule has 0 N–H and O–H groups in total. The summed E-state index contributed by atoms with van der Waals surface area (Å²) >= 11 is 11.8. The van der Waals surface area contributed by atoms with Crippen molar-refractivity contribution in [2.45, 2.75) is 0 Å². The van der Waals surface area contributed by atoms with E-state index in [9.17, 15) is 9.59 Å². The maximum Gasteiger partial charge on any atom is 0.369 e. The minimum Gasteiger partial charge on any atom is -0.383 e. The van der Waals surface area contributed by atoms with Gasteiger partial charge in [0.25, 0.3) is 0 Å². The summed E-state index contributed by atoms with van der Waals surface area (Å²) in [6, 6.07) is 4.65. The molecule has 1 aromatic heterocycles. The Morgan fingerprint density at radius 1 is 1.17 bits per heavy atom. The quantitative estimate of drug-likeness (QED) is 0.590. The molecule has 2 aromatic rings. The number of rotatable bonds is 1. The number of hydrogen-bond acceptors (Lipinski definition) is 5. The van der Waals surface area contributed by atoms with Crippen molar-refractivity contribution >= 4 is 35.1 Å². The number of ether oxygens (including phenoxy) is 1. The minimum atomic E-state index is -0.820. The van der Waals surface area contributed by atoms with Gasteiger partial charge in [0.2, 0.25) is 5.69 Å². The van der Waals surface area contributed by atoms with Crippen molar-refractivity contribution in [3.63, 3.8) is 0 Å². The van der Waals surface area contributed by atoms with Gasteiger partial charge in [-0.1, -0.05) is 28.4 Å². The molecule has 0 fully saturated rings. The van der Waals surface area contributed by atoms with Crippen LogP contribution >= 0.6 is 23.2 Å². The lowest BCUT2D eigenvalue weighted by atomic mass is 10.3. The number of benzene rings is 1. The lowest BCUT2D eigenvalue weighted by molar-refractivity contribution is 0.0434. The van der Waals surface area contributed by atoms with Gasteiger partial charge in [-0.3, -0.25) is 0 Å². The average molecular weight is 284 g/mol. The molecule has 0 spiro atoms. The molecule has 0 radical (unpaired) electrons. The predicted octanol–water partition coefficient (Wildman–Crippen LogP) is 1.88. The fourth-order valence-corrected chi connectivity index (χ4v) is 1.96.